The van der Waals surface area contributed by atoms with Gasteiger partial charge in [-0.15, -0.1) is 0 Å². The molecule has 1 fully saturated rings. The summed E-state index contributed by atoms with van der Waals surface area (Å²) in [5.41, 5.74) is 2.07. The van der Waals surface area contributed by atoms with Crippen LogP contribution >= 0.6 is 0 Å². The molecule has 0 bridgehead atoms. The van der Waals surface area contributed by atoms with Crippen LogP contribution in [0, 0.1) is 13.8 Å². The van der Waals surface area contributed by atoms with Crippen molar-refractivity contribution in [2.75, 3.05) is 13.1 Å². The van der Waals surface area contributed by atoms with E-state index in [4.69, 9.17) is 4.52 Å². The Morgan fingerprint density at radius 3 is 2.87 bits per heavy atom. The van der Waals surface area contributed by atoms with E-state index in [0.717, 1.165) is 42.9 Å². The molecule has 2 rings (SSSR count). The molecule has 0 amide bonds. The van der Waals surface area contributed by atoms with E-state index in [9.17, 15) is 4.79 Å². The van der Waals surface area contributed by atoms with Gasteiger partial charge in [0.1, 0.15) is 11.5 Å². The third-order valence-corrected chi connectivity index (χ3v) is 2.89. The quantitative estimate of drug-likeness (QED) is 0.738. The lowest BCUT2D eigenvalue weighted by Crippen LogP contribution is -2.35. The van der Waals surface area contributed by atoms with Crippen molar-refractivity contribution in [2.45, 2.75) is 33.2 Å². The van der Waals surface area contributed by atoms with Gasteiger partial charge in [-0.25, -0.2) is 0 Å². The largest absolute Gasteiger partial charge is 0.361 e. The molecule has 4 heteroatoms. The highest BCUT2D eigenvalue weighted by molar-refractivity contribution is 5.81. The van der Waals surface area contributed by atoms with E-state index in [1.54, 1.807) is 0 Å². The number of likely N-dealkylation sites (tertiary alicyclic amines) is 1. The number of hydrogen-bond acceptors (Lipinski definition) is 4. The highest BCUT2D eigenvalue weighted by Crippen LogP contribution is 2.17. The van der Waals surface area contributed by atoms with E-state index in [2.05, 4.69) is 10.1 Å². The standard InChI is InChI=1S/C11H16N2O2/c1-8-11(9(2)15-12-8)7-13-5-3-4-10(14)6-13/h3-7H2,1-2H3. The summed E-state index contributed by atoms with van der Waals surface area (Å²) < 4.78 is 5.10. The van der Waals surface area contributed by atoms with Crippen molar-refractivity contribution in [1.82, 2.24) is 10.1 Å². The van der Waals surface area contributed by atoms with Gasteiger partial charge in [0.2, 0.25) is 0 Å². The van der Waals surface area contributed by atoms with Crippen molar-refractivity contribution in [3.8, 4) is 0 Å². The number of Topliss-reactive ketones (excluding diaryl/α,β-unsaturated/α-hetero) is 1. The molecule has 0 spiro atoms. The Balaban J connectivity index is 2.05. The topological polar surface area (TPSA) is 46.3 Å². The molecule has 0 saturated carbocycles. The lowest BCUT2D eigenvalue weighted by atomic mass is 10.1. The zero-order valence-corrected chi connectivity index (χ0v) is 9.25. The van der Waals surface area contributed by atoms with Crippen LogP contribution in [0.3, 0.4) is 0 Å². The Morgan fingerprint density at radius 1 is 1.47 bits per heavy atom. The van der Waals surface area contributed by atoms with Gasteiger partial charge in [-0.1, -0.05) is 5.16 Å². The number of hydrogen-bond donors (Lipinski definition) is 0. The Bertz CT molecular complexity index is 351. The minimum atomic E-state index is 0.341. The zero-order chi connectivity index (χ0) is 10.8. The summed E-state index contributed by atoms with van der Waals surface area (Å²) in [7, 11) is 0. The Hall–Kier alpha value is -1.16. The van der Waals surface area contributed by atoms with Crippen LogP contribution in [0.4, 0.5) is 0 Å². The van der Waals surface area contributed by atoms with Crippen molar-refractivity contribution in [1.29, 1.82) is 0 Å². The molecule has 0 unspecified atom stereocenters. The summed E-state index contributed by atoms with van der Waals surface area (Å²) in [5.74, 6) is 1.21. The smallest absolute Gasteiger partial charge is 0.146 e. The lowest BCUT2D eigenvalue weighted by Gasteiger charge is -2.25. The molecule has 1 saturated heterocycles. The lowest BCUT2D eigenvalue weighted by molar-refractivity contribution is -0.122. The fraction of sp³-hybridized carbons (Fsp3) is 0.636. The van der Waals surface area contributed by atoms with Crippen LogP contribution in [0.25, 0.3) is 0 Å². The average Bonchev–Trinajstić information content (AvgIpc) is 2.50. The number of ketones is 1. The van der Waals surface area contributed by atoms with Crippen molar-refractivity contribution in [3.05, 3.63) is 17.0 Å². The molecule has 2 heterocycles. The molecule has 0 atom stereocenters. The van der Waals surface area contributed by atoms with Gasteiger partial charge in [-0.3, -0.25) is 9.69 Å². The number of carbonyl (C=O) groups excluding carboxylic acids is 1. The second kappa shape index (κ2) is 4.14. The normalized spacial score (nSPS) is 18.4. The van der Waals surface area contributed by atoms with Gasteiger partial charge >= 0.3 is 0 Å². The molecule has 1 aliphatic rings. The van der Waals surface area contributed by atoms with Gasteiger partial charge in [0.15, 0.2) is 0 Å². The third kappa shape index (κ3) is 2.26. The maximum absolute atomic E-state index is 11.3. The van der Waals surface area contributed by atoms with Crippen LogP contribution in [0.2, 0.25) is 0 Å². The molecular weight excluding hydrogens is 192 g/mol. The van der Waals surface area contributed by atoms with Crippen LogP contribution in [0.5, 0.6) is 0 Å². The molecule has 4 nitrogen and oxygen atoms in total. The maximum atomic E-state index is 11.3. The first-order chi connectivity index (χ1) is 7.16. The predicted octanol–water partition coefficient (Wildman–Crippen LogP) is 1.46. The van der Waals surface area contributed by atoms with Gasteiger partial charge in [0.05, 0.1) is 12.2 Å². The number of rotatable bonds is 2. The number of aryl methyl sites for hydroxylation is 2. The summed E-state index contributed by atoms with van der Waals surface area (Å²) in [5, 5.41) is 3.91. The molecule has 1 aromatic heterocycles. The molecular formula is C11H16N2O2. The van der Waals surface area contributed by atoms with Crippen LogP contribution in [0.1, 0.15) is 29.9 Å². The molecule has 15 heavy (non-hydrogen) atoms. The van der Waals surface area contributed by atoms with Gasteiger partial charge < -0.3 is 4.52 Å². The summed E-state index contributed by atoms with van der Waals surface area (Å²) >= 11 is 0. The summed E-state index contributed by atoms with van der Waals surface area (Å²) in [6.07, 6.45) is 1.71. The Labute approximate surface area is 89.2 Å². The SMILES string of the molecule is Cc1noc(C)c1CN1CCCC(=O)C1. The Morgan fingerprint density at radius 2 is 2.27 bits per heavy atom. The van der Waals surface area contributed by atoms with E-state index < -0.39 is 0 Å². The van der Waals surface area contributed by atoms with Crippen LogP contribution in [-0.4, -0.2) is 28.9 Å². The minimum Gasteiger partial charge on any atom is -0.361 e. The number of carbonyl (C=O) groups is 1. The van der Waals surface area contributed by atoms with E-state index >= 15 is 0 Å². The van der Waals surface area contributed by atoms with Crippen molar-refractivity contribution < 1.29 is 9.32 Å². The van der Waals surface area contributed by atoms with Gasteiger partial charge in [0, 0.05) is 18.5 Å². The minimum absolute atomic E-state index is 0.341. The molecule has 1 aliphatic heterocycles. The predicted molar refractivity (Wildman–Crippen MR) is 55.5 cm³/mol. The van der Waals surface area contributed by atoms with E-state index in [1.807, 2.05) is 13.8 Å². The number of nitrogens with zero attached hydrogens (tertiary/aromatic N) is 2. The monoisotopic (exact) mass is 208 g/mol. The molecule has 0 N–H and O–H groups in total. The van der Waals surface area contributed by atoms with Crippen LogP contribution in [0.15, 0.2) is 4.52 Å². The zero-order valence-electron chi connectivity index (χ0n) is 9.25. The van der Waals surface area contributed by atoms with E-state index in [1.165, 1.54) is 0 Å². The molecule has 0 aromatic carbocycles. The van der Waals surface area contributed by atoms with Gasteiger partial charge in [-0.2, -0.15) is 0 Å². The van der Waals surface area contributed by atoms with Crippen LogP contribution in [-0.2, 0) is 11.3 Å². The van der Waals surface area contributed by atoms with Crippen molar-refractivity contribution >= 4 is 5.78 Å². The highest BCUT2D eigenvalue weighted by atomic mass is 16.5. The fourth-order valence-corrected chi connectivity index (χ4v) is 1.99. The third-order valence-electron chi connectivity index (χ3n) is 2.89. The van der Waals surface area contributed by atoms with Crippen molar-refractivity contribution in [2.24, 2.45) is 0 Å². The fourth-order valence-electron chi connectivity index (χ4n) is 1.99. The second-order valence-corrected chi connectivity index (χ2v) is 4.16. The van der Waals surface area contributed by atoms with Crippen molar-refractivity contribution in [3.63, 3.8) is 0 Å². The highest BCUT2D eigenvalue weighted by Gasteiger charge is 2.19. The first-order valence-corrected chi connectivity index (χ1v) is 5.32. The molecule has 0 aliphatic carbocycles. The van der Waals surface area contributed by atoms with E-state index in [-0.39, 0.29) is 0 Å². The maximum Gasteiger partial charge on any atom is 0.146 e. The first kappa shape index (κ1) is 10.4. The number of piperidine rings is 1. The van der Waals surface area contributed by atoms with E-state index in [0.29, 0.717) is 12.3 Å². The van der Waals surface area contributed by atoms with Crippen LogP contribution < -0.4 is 0 Å². The van der Waals surface area contributed by atoms with Gasteiger partial charge in [0.25, 0.3) is 0 Å². The second-order valence-electron chi connectivity index (χ2n) is 4.16. The molecule has 0 radical (unpaired) electrons. The summed E-state index contributed by atoms with van der Waals surface area (Å²) in [6.45, 7) is 6.21. The molecule has 82 valence electrons. The summed E-state index contributed by atoms with van der Waals surface area (Å²) in [6, 6.07) is 0. The molecule has 1 aromatic rings. The summed E-state index contributed by atoms with van der Waals surface area (Å²) in [4.78, 5) is 13.5. The average molecular weight is 208 g/mol. The first-order valence-electron chi connectivity index (χ1n) is 5.32. The Kier molecular flexibility index (Phi) is 2.86. The number of aromatic nitrogens is 1. The van der Waals surface area contributed by atoms with Gasteiger partial charge in [-0.05, 0) is 26.8 Å².